The molecule has 0 aromatic heterocycles. The van der Waals surface area contributed by atoms with Crippen molar-refractivity contribution in [2.45, 2.75) is 38.2 Å². The lowest BCUT2D eigenvalue weighted by Crippen LogP contribution is -2.44. The van der Waals surface area contributed by atoms with Crippen LogP contribution in [0.1, 0.15) is 13.8 Å². The molecule has 2 aliphatic heterocycles. The molecule has 2 aromatic carbocycles. The lowest BCUT2D eigenvalue weighted by Gasteiger charge is -2.28. The minimum atomic E-state index is -2.47. The van der Waals surface area contributed by atoms with Gasteiger partial charge in [0.2, 0.25) is 0 Å². The molecule has 24 heavy (non-hydrogen) atoms. The summed E-state index contributed by atoms with van der Waals surface area (Å²) in [7, 11) is -2.89. The average Bonchev–Trinajstić information content (AvgIpc) is 3.10. The Hall–Kier alpha value is -1.03. The van der Waals surface area contributed by atoms with Gasteiger partial charge in [-0.05, 0) is 38.5 Å². The van der Waals surface area contributed by atoms with Crippen LogP contribution in [-0.4, -0.2) is 33.3 Å². The zero-order chi connectivity index (χ0) is 16.6. The van der Waals surface area contributed by atoms with Crippen LogP contribution in [0.3, 0.4) is 0 Å². The van der Waals surface area contributed by atoms with E-state index in [4.69, 9.17) is 13.3 Å². The summed E-state index contributed by atoms with van der Waals surface area (Å²) in [6.45, 7) is 4.21. The van der Waals surface area contributed by atoms with Crippen LogP contribution in [0, 0.1) is 0 Å². The molecule has 2 unspecified atom stereocenters. The highest BCUT2D eigenvalue weighted by atomic mass is 31.1. The first-order chi connectivity index (χ1) is 11.7. The summed E-state index contributed by atoms with van der Waals surface area (Å²) in [5, 5.41) is 2.80. The molecule has 0 radical (unpaired) electrons. The van der Waals surface area contributed by atoms with Crippen molar-refractivity contribution < 1.29 is 13.3 Å². The van der Waals surface area contributed by atoms with Crippen molar-refractivity contribution in [2.75, 3.05) is 6.16 Å². The van der Waals surface area contributed by atoms with Gasteiger partial charge in [-0.3, -0.25) is 0 Å². The predicted molar refractivity (Wildman–Crippen MR) is 100 cm³/mol. The molecule has 5 heteroatoms. The van der Waals surface area contributed by atoms with Gasteiger partial charge in [0.1, 0.15) is 0 Å². The fourth-order valence-electron chi connectivity index (χ4n) is 3.61. The second kappa shape index (κ2) is 6.70. The maximum Gasteiger partial charge on any atom is 0.502 e. The SMILES string of the molecule is C[C@@H]1O[Si]2(CCP(c3ccccc3)c3ccccc3)OC1[C@@H](C)O2. The highest BCUT2D eigenvalue weighted by molar-refractivity contribution is 7.73. The van der Waals surface area contributed by atoms with Crippen LogP contribution in [-0.2, 0) is 13.3 Å². The third-order valence-corrected chi connectivity index (χ3v) is 10.6. The normalized spacial score (nSPS) is 31.7. The molecule has 0 amide bonds. The zero-order valence-corrected chi connectivity index (χ0v) is 16.0. The molecular formula is C19H23O3PSi. The fourth-order valence-corrected chi connectivity index (χ4v) is 10.2. The van der Waals surface area contributed by atoms with E-state index in [1.54, 1.807) is 0 Å². The first-order valence-corrected chi connectivity index (χ1v) is 12.0. The van der Waals surface area contributed by atoms with E-state index in [9.17, 15) is 0 Å². The van der Waals surface area contributed by atoms with Crippen molar-refractivity contribution >= 4 is 27.3 Å². The molecule has 4 rings (SSSR count). The van der Waals surface area contributed by atoms with Crippen molar-refractivity contribution in [1.82, 2.24) is 0 Å². The third-order valence-electron chi connectivity index (χ3n) is 4.75. The van der Waals surface area contributed by atoms with Crippen molar-refractivity contribution in [1.29, 1.82) is 0 Å². The Bertz CT molecular complexity index is 630. The third kappa shape index (κ3) is 3.10. The van der Waals surface area contributed by atoms with Gasteiger partial charge in [0.25, 0.3) is 0 Å². The summed E-state index contributed by atoms with van der Waals surface area (Å²) < 4.78 is 18.5. The van der Waals surface area contributed by atoms with E-state index in [0.717, 1.165) is 12.2 Å². The van der Waals surface area contributed by atoms with E-state index in [-0.39, 0.29) is 18.3 Å². The number of hydrogen-bond acceptors (Lipinski definition) is 3. The Labute approximate surface area is 146 Å². The first kappa shape index (κ1) is 16.4. The second-order valence-electron chi connectivity index (χ2n) is 6.48. The molecule has 0 saturated carbocycles. The average molecular weight is 358 g/mol. The number of benzene rings is 2. The van der Waals surface area contributed by atoms with E-state index >= 15 is 0 Å². The molecule has 2 heterocycles. The van der Waals surface area contributed by atoms with Gasteiger partial charge in [-0.2, -0.15) is 0 Å². The molecule has 0 N–H and O–H groups in total. The maximum atomic E-state index is 6.21. The van der Waals surface area contributed by atoms with Gasteiger partial charge in [-0.15, -0.1) is 0 Å². The molecule has 2 aromatic rings. The highest BCUT2D eigenvalue weighted by Crippen LogP contribution is 2.43. The number of fused-ring (bicyclic) bond motifs is 2. The van der Waals surface area contributed by atoms with Crippen LogP contribution >= 0.6 is 7.92 Å². The molecule has 2 bridgehead atoms. The molecule has 2 fully saturated rings. The van der Waals surface area contributed by atoms with Crippen LogP contribution < -0.4 is 10.6 Å². The summed E-state index contributed by atoms with van der Waals surface area (Å²) in [6, 6.07) is 22.5. The fraction of sp³-hybridized carbons (Fsp3) is 0.368. The summed E-state index contributed by atoms with van der Waals surface area (Å²) in [5.74, 6) is 0. The smallest absolute Gasteiger partial charge is 0.368 e. The molecule has 2 saturated heterocycles. The van der Waals surface area contributed by atoms with Gasteiger partial charge in [0, 0.05) is 6.04 Å². The molecule has 126 valence electrons. The topological polar surface area (TPSA) is 27.7 Å². The van der Waals surface area contributed by atoms with Crippen molar-refractivity contribution in [3.05, 3.63) is 60.7 Å². The maximum absolute atomic E-state index is 6.21. The monoisotopic (exact) mass is 358 g/mol. The van der Waals surface area contributed by atoms with Crippen molar-refractivity contribution in [2.24, 2.45) is 0 Å². The number of rotatable bonds is 5. The van der Waals surface area contributed by atoms with E-state index in [2.05, 4.69) is 74.5 Å². The van der Waals surface area contributed by atoms with Crippen LogP contribution in [0.2, 0.25) is 6.04 Å². The van der Waals surface area contributed by atoms with E-state index in [1.807, 2.05) is 0 Å². The van der Waals surface area contributed by atoms with E-state index in [0.29, 0.717) is 0 Å². The van der Waals surface area contributed by atoms with Gasteiger partial charge in [-0.1, -0.05) is 60.7 Å². The Balaban J connectivity index is 1.55. The van der Waals surface area contributed by atoms with Crippen molar-refractivity contribution in [3.8, 4) is 0 Å². The van der Waals surface area contributed by atoms with E-state index < -0.39 is 16.7 Å². The Morgan fingerprint density at radius 1 is 0.792 bits per heavy atom. The molecule has 3 nitrogen and oxygen atoms in total. The second-order valence-corrected chi connectivity index (χ2v) is 11.4. The quantitative estimate of drug-likeness (QED) is 0.606. The first-order valence-electron chi connectivity index (χ1n) is 8.58. The summed E-state index contributed by atoms with van der Waals surface area (Å²) in [5.41, 5.74) is 0. The predicted octanol–water partition coefficient (Wildman–Crippen LogP) is 3.28. The number of hydrogen-bond donors (Lipinski definition) is 0. The standard InChI is InChI=1S/C19H23O3PSi/c1-15-19-16(2)21-24(20-15,22-19)14-13-23(17-9-5-3-6-10-17)18-11-7-4-8-12-18/h3-12,15-16,19H,13-14H2,1-2H3/t15-,16+,19?,24?. The Morgan fingerprint density at radius 3 is 1.75 bits per heavy atom. The largest absolute Gasteiger partial charge is 0.502 e. The molecule has 2 aliphatic rings. The summed E-state index contributed by atoms with van der Waals surface area (Å²) in [6.07, 6.45) is 1.50. The van der Waals surface area contributed by atoms with Crippen LogP contribution in [0.25, 0.3) is 0 Å². The Morgan fingerprint density at radius 2 is 1.29 bits per heavy atom. The molecule has 0 spiro atoms. The molecular weight excluding hydrogens is 335 g/mol. The highest BCUT2D eigenvalue weighted by Gasteiger charge is 2.61. The van der Waals surface area contributed by atoms with Gasteiger partial charge in [0.15, 0.2) is 0 Å². The van der Waals surface area contributed by atoms with Gasteiger partial charge >= 0.3 is 8.80 Å². The lowest BCUT2D eigenvalue weighted by molar-refractivity contribution is 0.0411. The van der Waals surface area contributed by atoms with Crippen molar-refractivity contribution in [3.63, 3.8) is 0 Å². The zero-order valence-electron chi connectivity index (χ0n) is 14.1. The minimum Gasteiger partial charge on any atom is -0.368 e. The Kier molecular flexibility index (Phi) is 4.59. The minimum absolute atomic E-state index is 0.122. The summed E-state index contributed by atoms with van der Waals surface area (Å²) in [4.78, 5) is 0. The molecule has 0 aliphatic carbocycles. The molecule has 4 atom stereocenters. The van der Waals surface area contributed by atoms with Gasteiger partial charge in [-0.25, -0.2) is 0 Å². The van der Waals surface area contributed by atoms with Crippen LogP contribution in [0.5, 0.6) is 0 Å². The van der Waals surface area contributed by atoms with Gasteiger partial charge < -0.3 is 13.3 Å². The van der Waals surface area contributed by atoms with Crippen LogP contribution in [0.4, 0.5) is 0 Å². The lowest BCUT2D eigenvalue weighted by atomic mass is 10.1. The van der Waals surface area contributed by atoms with E-state index in [1.165, 1.54) is 10.6 Å². The summed E-state index contributed by atoms with van der Waals surface area (Å²) >= 11 is 0. The van der Waals surface area contributed by atoms with Crippen LogP contribution in [0.15, 0.2) is 60.7 Å². The van der Waals surface area contributed by atoms with Gasteiger partial charge in [0.05, 0.1) is 18.3 Å².